The molecule has 0 saturated carbocycles. The minimum Gasteiger partial charge on any atom is -0.312 e. The first-order valence-electron chi connectivity index (χ1n) is 7.93. The summed E-state index contributed by atoms with van der Waals surface area (Å²) in [5.74, 6) is 0.352. The summed E-state index contributed by atoms with van der Waals surface area (Å²) in [4.78, 5) is 2.38. The number of nitrogens with one attached hydrogen (secondary N) is 1. The number of hydrogen-bond acceptors (Lipinski definition) is 2. The van der Waals surface area contributed by atoms with Gasteiger partial charge in [-0.05, 0) is 31.9 Å². The molecule has 1 aliphatic heterocycles. The van der Waals surface area contributed by atoms with Crippen molar-refractivity contribution in [2.75, 3.05) is 13.1 Å². The fourth-order valence-electron chi connectivity index (χ4n) is 2.93. The highest BCUT2D eigenvalue weighted by molar-refractivity contribution is 6.30. The third-order valence-corrected chi connectivity index (χ3v) is 5.05. The van der Waals surface area contributed by atoms with Crippen molar-refractivity contribution in [1.29, 1.82) is 0 Å². The van der Waals surface area contributed by atoms with Crippen molar-refractivity contribution < 1.29 is 4.39 Å². The Kier molecular flexibility index (Phi) is 6.03. The van der Waals surface area contributed by atoms with Gasteiger partial charge in [0.1, 0.15) is 5.82 Å². The van der Waals surface area contributed by atoms with Crippen molar-refractivity contribution >= 4 is 11.6 Å². The molecule has 118 valence electrons. The summed E-state index contributed by atoms with van der Waals surface area (Å²) in [5.41, 5.74) is 0.694. The Balaban J connectivity index is 2.13. The normalized spacial score (nSPS) is 25.6. The Morgan fingerprint density at radius 2 is 2.24 bits per heavy atom. The van der Waals surface area contributed by atoms with E-state index in [0.717, 1.165) is 25.9 Å². The van der Waals surface area contributed by atoms with E-state index in [1.807, 2.05) is 12.1 Å². The molecule has 3 atom stereocenters. The largest absolute Gasteiger partial charge is 0.312 e. The van der Waals surface area contributed by atoms with Crippen LogP contribution in [0.3, 0.4) is 0 Å². The van der Waals surface area contributed by atoms with Gasteiger partial charge in [0.2, 0.25) is 0 Å². The third-order valence-electron chi connectivity index (χ3n) is 4.76. The fraction of sp³-hybridized carbons (Fsp3) is 0.647. The van der Waals surface area contributed by atoms with Crippen LogP contribution in [0.1, 0.15) is 39.2 Å². The number of rotatable bonds is 4. The van der Waals surface area contributed by atoms with Crippen LogP contribution in [0.25, 0.3) is 0 Å². The lowest BCUT2D eigenvalue weighted by Crippen LogP contribution is -2.43. The second-order valence-electron chi connectivity index (χ2n) is 6.23. The molecule has 4 heteroatoms. The number of benzene rings is 1. The van der Waals surface area contributed by atoms with Gasteiger partial charge in [-0.2, -0.15) is 0 Å². The molecule has 2 rings (SSSR count). The molecule has 1 aromatic rings. The molecule has 3 unspecified atom stereocenters. The van der Waals surface area contributed by atoms with E-state index in [-0.39, 0.29) is 10.8 Å². The lowest BCUT2D eigenvalue weighted by atomic mass is 9.98. The van der Waals surface area contributed by atoms with Gasteiger partial charge in [-0.15, -0.1) is 0 Å². The second-order valence-corrected chi connectivity index (χ2v) is 6.63. The van der Waals surface area contributed by atoms with Crippen LogP contribution in [0.15, 0.2) is 18.2 Å². The predicted octanol–water partition coefficient (Wildman–Crippen LogP) is 4.08. The maximum atomic E-state index is 14.1. The summed E-state index contributed by atoms with van der Waals surface area (Å²) in [6.45, 7) is 9.35. The number of nitrogens with zero attached hydrogens (tertiary/aromatic N) is 1. The molecule has 1 aliphatic rings. The highest BCUT2D eigenvalue weighted by Gasteiger charge is 2.26. The van der Waals surface area contributed by atoms with Crippen molar-refractivity contribution in [3.8, 4) is 0 Å². The molecule has 1 fully saturated rings. The van der Waals surface area contributed by atoms with E-state index in [9.17, 15) is 4.39 Å². The fourth-order valence-corrected chi connectivity index (χ4v) is 3.13. The summed E-state index contributed by atoms with van der Waals surface area (Å²) in [6.07, 6.45) is 2.25. The standard InChI is InChI=1S/C17H26ClFN2/c1-4-12(2)16-11-21(13(3)8-9-20-16)10-14-6-5-7-15(18)17(14)19/h5-7,12-13,16,20H,4,8-11H2,1-3H3. The molecule has 21 heavy (non-hydrogen) atoms. The molecule has 1 aromatic carbocycles. The topological polar surface area (TPSA) is 15.3 Å². The van der Waals surface area contributed by atoms with Gasteiger partial charge < -0.3 is 5.32 Å². The second kappa shape index (κ2) is 7.57. The Hall–Kier alpha value is -0.640. The third kappa shape index (κ3) is 4.18. The van der Waals surface area contributed by atoms with Crippen LogP contribution in [-0.2, 0) is 6.54 Å². The van der Waals surface area contributed by atoms with Gasteiger partial charge >= 0.3 is 0 Å². The molecule has 2 nitrogen and oxygen atoms in total. The molecular weight excluding hydrogens is 287 g/mol. The zero-order chi connectivity index (χ0) is 15.4. The van der Waals surface area contributed by atoms with Gasteiger partial charge in [0.05, 0.1) is 5.02 Å². The first kappa shape index (κ1) is 16.7. The Bertz CT molecular complexity index is 466. The van der Waals surface area contributed by atoms with Crippen LogP contribution < -0.4 is 5.32 Å². The van der Waals surface area contributed by atoms with Gasteiger partial charge in [-0.25, -0.2) is 4.39 Å². The molecule has 0 aliphatic carbocycles. The molecule has 1 heterocycles. The Labute approximate surface area is 132 Å². The van der Waals surface area contributed by atoms with Gasteiger partial charge in [-0.3, -0.25) is 4.90 Å². The number of halogens is 2. The molecule has 1 saturated heterocycles. The monoisotopic (exact) mass is 312 g/mol. The Morgan fingerprint density at radius 1 is 1.48 bits per heavy atom. The highest BCUT2D eigenvalue weighted by atomic mass is 35.5. The summed E-state index contributed by atoms with van der Waals surface area (Å²) in [7, 11) is 0. The van der Waals surface area contributed by atoms with E-state index in [4.69, 9.17) is 11.6 Å². The smallest absolute Gasteiger partial charge is 0.146 e. The van der Waals surface area contributed by atoms with Crippen LogP contribution in [0.4, 0.5) is 4.39 Å². The predicted molar refractivity (Wildman–Crippen MR) is 87.1 cm³/mol. The van der Waals surface area contributed by atoms with E-state index < -0.39 is 0 Å². The molecule has 0 bridgehead atoms. The van der Waals surface area contributed by atoms with Crippen LogP contribution in [0.2, 0.25) is 5.02 Å². The highest BCUT2D eigenvalue weighted by Crippen LogP contribution is 2.22. The van der Waals surface area contributed by atoms with Crippen molar-refractivity contribution in [3.63, 3.8) is 0 Å². The van der Waals surface area contributed by atoms with E-state index in [2.05, 4.69) is 31.0 Å². The van der Waals surface area contributed by atoms with E-state index in [1.165, 1.54) is 0 Å². The summed E-state index contributed by atoms with van der Waals surface area (Å²) >= 11 is 5.90. The lowest BCUT2D eigenvalue weighted by Gasteiger charge is -2.31. The first-order valence-corrected chi connectivity index (χ1v) is 8.31. The maximum Gasteiger partial charge on any atom is 0.146 e. The van der Waals surface area contributed by atoms with E-state index >= 15 is 0 Å². The molecule has 0 spiro atoms. The lowest BCUT2D eigenvalue weighted by molar-refractivity contribution is 0.178. The molecule has 1 N–H and O–H groups in total. The molecule has 0 aromatic heterocycles. The van der Waals surface area contributed by atoms with Crippen molar-refractivity contribution in [2.24, 2.45) is 5.92 Å². The average molecular weight is 313 g/mol. The van der Waals surface area contributed by atoms with E-state index in [1.54, 1.807) is 6.07 Å². The van der Waals surface area contributed by atoms with Crippen LogP contribution in [-0.4, -0.2) is 30.1 Å². The van der Waals surface area contributed by atoms with E-state index in [0.29, 0.717) is 30.1 Å². The summed E-state index contributed by atoms with van der Waals surface area (Å²) in [6, 6.07) is 6.20. The minimum absolute atomic E-state index is 0.214. The molecule has 0 radical (unpaired) electrons. The van der Waals surface area contributed by atoms with Crippen molar-refractivity contribution in [2.45, 2.75) is 52.2 Å². The zero-order valence-electron chi connectivity index (χ0n) is 13.2. The van der Waals surface area contributed by atoms with Gasteiger partial charge in [0.25, 0.3) is 0 Å². The average Bonchev–Trinajstić information content (AvgIpc) is 2.65. The SMILES string of the molecule is CCC(C)C1CN(Cc2cccc(Cl)c2F)C(C)CCN1. The maximum absolute atomic E-state index is 14.1. The summed E-state index contributed by atoms with van der Waals surface area (Å²) < 4.78 is 14.1. The van der Waals surface area contributed by atoms with Crippen molar-refractivity contribution in [1.82, 2.24) is 10.2 Å². The van der Waals surface area contributed by atoms with Gasteiger partial charge in [-0.1, -0.05) is 44.0 Å². The van der Waals surface area contributed by atoms with Gasteiger partial charge in [0, 0.05) is 30.7 Å². The Morgan fingerprint density at radius 3 is 2.95 bits per heavy atom. The number of hydrogen-bond donors (Lipinski definition) is 1. The van der Waals surface area contributed by atoms with Crippen LogP contribution in [0.5, 0.6) is 0 Å². The molecular formula is C17H26ClFN2. The van der Waals surface area contributed by atoms with Crippen LogP contribution >= 0.6 is 11.6 Å². The van der Waals surface area contributed by atoms with Crippen molar-refractivity contribution in [3.05, 3.63) is 34.6 Å². The van der Waals surface area contributed by atoms with Gasteiger partial charge in [0.15, 0.2) is 0 Å². The summed E-state index contributed by atoms with van der Waals surface area (Å²) in [5, 5.41) is 3.86. The molecule has 0 amide bonds. The minimum atomic E-state index is -0.274. The first-order chi connectivity index (χ1) is 10.0. The zero-order valence-corrected chi connectivity index (χ0v) is 14.0. The quantitative estimate of drug-likeness (QED) is 0.901. The van der Waals surface area contributed by atoms with Crippen LogP contribution in [0, 0.1) is 11.7 Å².